The number of amides is 1. The molecule has 0 saturated heterocycles. The van der Waals surface area contributed by atoms with E-state index < -0.39 is 0 Å². The number of hydrogen-bond donors (Lipinski definition) is 1. The van der Waals surface area contributed by atoms with Crippen LogP contribution < -0.4 is 5.32 Å². The molecule has 27 heavy (non-hydrogen) atoms. The first kappa shape index (κ1) is 17.5. The van der Waals surface area contributed by atoms with Crippen LogP contribution in [0.2, 0.25) is 0 Å². The fraction of sp³-hybridized carbons (Fsp3) is 0.100. The summed E-state index contributed by atoms with van der Waals surface area (Å²) in [7, 11) is 0. The van der Waals surface area contributed by atoms with E-state index in [-0.39, 0.29) is 12.3 Å². The van der Waals surface area contributed by atoms with Crippen LogP contribution in [0.1, 0.15) is 11.3 Å². The molecule has 134 valence electrons. The van der Waals surface area contributed by atoms with Gasteiger partial charge in [0.1, 0.15) is 5.01 Å². The molecule has 0 spiro atoms. The number of nitrogens with zero attached hydrogens (tertiary/aromatic N) is 3. The van der Waals surface area contributed by atoms with E-state index in [1.807, 2.05) is 35.0 Å². The lowest BCUT2D eigenvalue weighted by atomic mass is 10.1. The molecule has 0 fully saturated rings. The summed E-state index contributed by atoms with van der Waals surface area (Å²) in [6.07, 6.45) is 3.70. The zero-order valence-corrected chi connectivity index (χ0v) is 16.2. The smallest absolute Gasteiger partial charge is 0.232 e. The van der Waals surface area contributed by atoms with E-state index in [2.05, 4.69) is 39.3 Å². The number of pyridine rings is 1. The summed E-state index contributed by atoms with van der Waals surface area (Å²) in [4.78, 5) is 25.5. The van der Waals surface area contributed by atoms with Gasteiger partial charge < -0.3 is 5.32 Å². The van der Waals surface area contributed by atoms with E-state index in [1.54, 1.807) is 23.7 Å². The van der Waals surface area contributed by atoms with Crippen molar-refractivity contribution >= 4 is 33.7 Å². The molecule has 4 rings (SSSR count). The van der Waals surface area contributed by atoms with Gasteiger partial charge in [-0.15, -0.1) is 22.7 Å². The Hall–Kier alpha value is -2.90. The Labute approximate surface area is 164 Å². The maximum absolute atomic E-state index is 12.3. The van der Waals surface area contributed by atoms with Crippen LogP contribution in [-0.4, -0.2) is 20.9 Å². The topological polar surface area (TPSA) is 67.8 Å². The summed E-state index contributed by atoms with van der Waals surface area (Å²) in [6.45, 7) is 2.05. The zero-order valence-electron chi connectivity index (χ0n) is 14.5. The summed E-state index contributed by atoms with van der Waals surface area (Å²) in [5.74, 6) is -0.122. The number of aromatic nitrogens is 3. The van der Waals surface area contributed by atoms with E-state index in [4.69, 9.17) is 0 Å². The molecule has 3 aromatic heterocycles. The number of nitrogens with one attached hydrogen (secondary N) is 1. The second-order valence-electron chi connectivity index (χ2n) is 6.02. The van der Waals surface area contributed by atoms with Gasteiger partial charge in [-0.05, 0) is 25.1 Å². The van der Waals surface area contributed by atoms with Gasteiger partial charge in [0.15, 0.2) is 5.13 Å². The lowest BCUT2D eigenvalue weighted by Crippen LogP contribution is -2.14. The predicted molar refractivity (Wildman–Crippen MR) is 110 cm³/mol. The Balaban J connectivity index is 1.41. The molecule has 3 heterocycles. The fourth-order valence-electron chi connectivity index (χ4n) is 2.60. The minimum absolute atomic E-state index is 0.122. The van der Waals surface area contributed by atoms with E-state index >= 15 is 0 Å². The number of thiazole rings is 2. The number of carbonyl (C=O) groups excluding carboxylic acids is 1. The SMILES string of the molecule is Cc1cccc(-c2nc(CC(=O)Nc3nc(-c4cccnc4)cs3)cs2)c1. The first-order chi connectivity index (χ1) is 13.2. The average Bonchev–Trinajstić information content (AvgIpc) is 3.32. The second-order valence-corrected chi connectivity index (χ2v) is 7.73. The number of aryl methyl sites for hydroxylation is 1. The van der Waals surface area contributed by atoms with Crippen LogP contribution in [0.25, 0.3) is 21.8 Å². The van der Waals surface area contributed by atoms with E-state index in [0.29, 0.717) is 5.13 Å². The lowest BCUT2D eigenvalue weighted by molar-refractivity contribution is -0.115. The molecule has 4 aromatic rings. The molecular formula is C20H16N4OS2. The van der Waals surface area contributed by atoms with Gasteiger partial charge in [0.2, 0.25) is 5.91 Å². The quantitative estimate of drug-likeness (QED) is 0.529. The first-order valence-corrected chi connectivity index (χ1v) is 10.1. The maximum atomic E-state index is 12.3. The minimum Gasteiger partial charge on any atom is -0.302 e. The van der Waals surface area contributed by atoms with Crippen LogP contribution in [0.5, 0.6) is 0 Å². The fourth-order valence-corrected chi connectivity index (χ4v) is 4.16. The molecule has 7 heteroatoms. The van der Waals surface area contributed by atoms with Crippen LogP contribution >= 0.6 is 22.7 Å². The predicted octanol–water partition coefficient (Wildman–Crippen LogP) is 4.82. The van der Waals surface area contributed by atoms with E-state index in [1.165, 1.54) is 16.9 Å². The normalized spacial score (nSPS) is 10.7. The number of anilines is 1. The molecule has 1 amide bonds. The summed E-state index contributed by atoms with van der Waals surface area (Å²) in [6, 6.07) is 12.0. The van der Waals surface area contributed by atoms with Crippen molar-refractivity contribution in [3.05, 3.63) is 70.8 Å². The third-order valence-electron chi connectivity index (χ3n) is 3.87. The number of hydrogen-bond acceptors (Lipinski definition) is 6. The average molecular weight is 393 g/mol. The minimum atomic E-state index is -0.122. The Morgan fingerprint density at radius 2 is 1.96 bits per heavy atom. The van der Waals surface area contributed by atoms with Gasteiger partial charge in [0, 0.05) is 34.3 Å². The second kappa shape index (κ2) is 7.77. The highest BCUT2D eigenvalue weighted by Crippen LogP contribution is 2.26. The van der Waals surface area contributed by atoms with Crippen molar-refractivity contribution < 1.29 is 4.79 Å². The van der Waals surface area contributed by atoms with E-state index in [9.17, 15) is 4.79 Å². The van der Waals surface area contributed by atoms with Crippen molar-refractivity contribution in [2.45, 2.75) is 13.3 Å². The molecule has 0 aliphatic carbocycles. The lowest BCUT2D eigenvalue weighted by Gasteiger charge is -2.00. The number of rotatable bonds is 5. The summed E-state index contributed by atoms with van der Waals surface area (Å²) >= 11 is 2.95. The number of benzene rings is 1. The summed E-state index contributed by atoms with van der Waals surface area (Å²) in [5.41, 5.74) is 4.76. The Bertz CT molecular complexity index is 1070. The van der Waals surface area contributed by atoms with Crippen molar-refractivity contribution in [3.63, 3.8) is 0 Å². The Kier molecular flexibility index (Phi) is 5.04. The van der Waals surface area contributed by atoms with Crippen LogP contribution in [0, 0.1) is 6.92 Å². The van der Waals surface area contributed by atoms with Crippen LogP contribution in [-0.2, 0) is 11.2 Å². The molecule has 1 N–H and O–H groups in total. The highest BCUT2D eigenvalue weighted by molar-refractivity contribution is 7.14. The van der Waals surface area contributed by atoms with Gasteiger partial charge in [-0.2, -0.15) is 0 Å². The molecule has 0 aliphatic rings. The molecule has 0 saturated carbocycles. The molecule has 0 bridgehead atoms. The van der Waals surface area contributed by atoms with Crippen molar-refractivity contribution in [1.29, 1.82) is 0 Å². The van der Waals surface area contributed by atoms with Gasteiger partial charge >= 0.3 is 0 Å². The first-order valence-electron chi connectivity index (χ1n) is 8.34. The van der Waals surface area contributed by atoms with Gasteiger partial charge in [-0.3, -0.25) is 9.78 Å². The highest BCUT2D eigenvalue weighted by Gasteiger charge is 2.12. The molecule has 0 atom stereocenters. The number of carbonyl (C=O) groups is 1. The molecular weight excluding hydrogens is 376 g/mol. The molecule has 1 aromatic carbocycles. The van der Waals surface area contributed by atoms with Gasteiger partial charge in [0.05, 0.1) is 17.8 Å². The van der Waals surface area contributed by atoms with E-state index in [0.717, 1.165) is 27.5 Å². The van der Waals surface area contributed by atoms with Crippen molar-refractivity contribution in [1.82, 2.24) is 15.0 Å². The summed E-state index contributed by atoms with van der Waals surface area (Å²) in [5, 5.41) is 8.19. The highest BCUT2D eigenvalue weighted by atomic mass is 32.1. The van der Waals surface area contributed by atoms with Crippen molar-refractivity contribution in [2.75, 3.05) is 5.32 Å². The molecule has 5 nitrogen and oxygen atoms in total. The monoisotopic (exact) mass is 392 g/mol. The third-order valence-corrected chi connectivity index (χ3v) is 5.56. The van der Waals surface area contributed by atoms with Gasteiger partial charge in [-0.25, -0.2) is 9.97 Å². The van der Waals surface area contributed by atoms with Crippen LogP contribution in [0.4, 0.5) is 5.13 Å². The van der Waals surface area contributed by atoms with Crippen molar-refractivity contribution in [3.8, 4) is 21.8 Å². The third kappa shape index (κ3) is 4.27. The maximum Gasteiger partial charge on any atom is 0.232 e. The van der Waals surface area contributed by atoms with Gasteiger partial charge in [0.25, 0.3) is 0 Å². The van der Waals surface area contributed by atoms with Crippen LogP contribution in [0.15, 0.2) is 59.6 Å². The molecule has 0 radical (unpaired) electrons. The summed E-state index contributed by atoms with van der Waals surface area (Å²) < 4.78 is 0. The zero-order chi connectivity index (χ0) is 18.6. The van der Waals surface area contributed by atoms with Crippen molar-refractivity contribution in [2.24, 2.45) is 0 Å². The molecule has 0 aliphatic heterocycles. The molecule has 0 unspecified atom stereocenters. The standard InChI is InChI=1S/C20H16N4OS2/c1-13-4-2-5-14(8-13)19-22-16(11-26-19)9-18(25)24-20-23-17(12-27-20)15-6-3-7-21-10-15/h2-8,10-12H,9H2,1H3,(H,23,24,25). The van der Waals surface area contributed by atoms with Gasteiger partial charge in [-0.1, -0.05) is 23.8 Å². The van der Waals surface area contributed by atoms with Crippen LogP contribution in [0.3, 0.4) is 0 Å². The largest absolute Gasteiger partial charge is 0.302 e. The Morgan fingerprint density at radius 1 is 1.07 bits per heavy atom. The Morgan fingerprint density at radius 3 is 2.78 bits per heavy atom.